The number of alkyl halides is 3. The standard InChI is InChI=1S/C7H2Cl2F3NO2/c8-4-2-1-3(15-7(10,11)12)5(13-4)6(9)14/h1-2H. The van der Waals surface area contributed by atoms with Crippen LogP contribution in [-0.2, 0) is 0 Å². The van der Waals surface area contributed by atoms with E-state index in [0.29, 0.717) is 0 Å². The lowest BCUT2D eigenvalue weighted by Gasteiger charge is -2.10. The van der Waals surface area contributed by atoms with Gasteiger partial charge in [0.05, 0.1) is 0 Å². The maximum Gasteiger partial charge on any atom is 0.573 e. The quantitative estimate of drug-likeness (QED) is 0.606. The lowest BCUT2D eigenvalue weighted by Crippen LogP contribution is -2.19. The van der Waals surface area contributed by atoms with Crippen molar-refractivity contribution in [3.05, 3.63) is 23.0 Å². The average molecular weight is 260 g/mol. The molecule has 0 radical (unpaired) electrons. The highest BCUT2D eigenvalue weighted by Crippen LogP contribution is 2.27. The maximum absolute atomic E-state index is 11.8. The van der Waals surface area contributed by atoms with Gasteiger partial charge in [0.2, 0.25) is 0 Å². The highest BCUT2D eigenvalue weighted by atomic mass is 35.5. The second-order valence-electron chi connectivity index (χ2n) is 2.30. The van der Waals surface area contributed by atoms with Crippen LogP contribution in [-0.4, -0.2) is 16.6 Å². The van der Waals surface area contributed by atoms with Crippen LogP contribution in [0.5, 0.6) is 5.75 Å². The molecule has 0 bridgehead atoms. The van der Waals surface area contributed by atoms with Crippen LogP contribution in [0.15, 0.2) is 12.1 Å². The van der Waals surface area contributed by atoms with Gasteiger partial charge in [-0.05, 0) is 23.7 Å². The van der Waals surface area contributed by atoms with E-state index in [-0.39, 0.29) is 5.15 Å². The molecule has 0 atom stereocenters. The molecule has 0 aliphatic carbocycles. The summed E-state index contributed by atoms with van der Waals surface area (Å²) in [6.45, 7) is 0. The summed E-state index contributed by atoms with van der Waals surface area (Å²) in [4.78, 5) is 14.0. The molecule has 0 aromatic carbocycles. The Hall–Kier alpha value is -1.01. The zero-order valence-corrected chi connectivity index (χ0v) is 8.32. The van der Waals surface area contributed by atoms with Gasteiger partial charge < -0.3 is 4.74 Å². The lowest BCUT2D eigenvalue weighted by atomic mass is 10.3. The third-order valence-corrected chi connectivity index (χ3v) is 1.63. The SMILES string of the molecule is O=C(Cl)c1nc(Cl)ccc1OC(F)(F)F. The Kier molecular flexibility index (Phi) is 3.41. The molecule has 0 aliphatic rings. The number of carbonyl (C=O) groups is 1. The van der Waals surface area contributed by atoms with Crippen molar-refractivity contribution in [3.8, 4) is 5.75 Å². The van der Waals surface area contributed by atoms with Gasteiger partial charge in [-0.25, -0.2) is 4.98 Å². The number of nitrogens with zero attached hydrogens (tertiary/aromatic N) is 1. The molecule has 0 N–H and O–H groups in total. The van der Waals surface area contributed by atoms with E-state index in [2.05, 4.69) is 9.72 Å². The molecule has 0 saturated carbocycles. The topological polar surface area (TPSA) is 39.2 Å². The van der Waals surface area contributed by atoms with Crippen molar-refractivity contribution in [2.24, 2.45) is 0 Å². The van der Waals surface area contributed by atoms with Crippen LogP contribution in [0, 0.1) is 0 Å². The van der Waals surface area contributed by atoms with Crippen molar-refractivity contribution in [1.29, 1.82) is 0 Å². The smallest absolute Gasteiger partial charge is 0.403 e. The predicted molar refractivity (Wildman–Crippen MR) is 46.1 cm³/mol. The second kappa shape index (κ2) is 4.24. The van der Waals surface area contributed by atoms with Gasteiger partial charge in [-0.15, -0.1) is 13.2 Å². The minimum atomic E-state index is -4.92. The van der Waals surface area contributed by atoms with E-state index in [4.69, 9.17) is 23.2 Å². The van der Waals surface area contributed by atoms with Crippen molar-refractivity contribution in [2.45, 2.75) is 6.36 Å². The van der Waals surface area contributed by atoms with Gasteiger partial charge in [0.15, 0.2) is 11.4 Å². The van der Waals surface area contributed by atoms with E-state index in [1.165, 1.54) is 0 Å². The molecule has 1 aromatic heterocycles. The van der Waals surface area contributed by atoms with Gasteiger partial charge in [0, 0.05) is 0 Å². The van der Waals surface area contributed by atoms with E-state index in [1.54, 1.807) is 0 Å². The van der Waals surface area contributed by atoms with Crippen LogP contribution in [0.1, 0.15) is 10.5 Å². The van der Waals surface area contributed by atoms with Gasteiger partial charge in [-0.3, -0.25) is 4.79 Å². The Bertz CT molecular complexity index is 394. The third kappa shape index (κ3) is 3.56. The fraction of sp³-hybridized carbons (Fsp3) is 0.143. The van der Waals surface area contributed by atoms with Gasteiger partial charge in [-0.2, -0.15) is 0 Å². The first-order valence-electron chi connectivity index (χ1n) is 3.42. The Morgan fingerprint density at radius 1 is 1.40 bits per heavy atom. The largest absolute Gasteiger partial charge is 0.573 e. The molecule has 0 saturated heterocycles. The molecule has 15 heavy (non-hydrogen) atoms. The molecular formula is C7H2Cl2F3NO2. The van der Waals surface area contributed by atoms with Crippen molar-refractivity contribution < 1.29 is 22.7 Å². The molecule has 3 nitrogen and oxygen atoms in total. The Morgan fingerprint density at radius 2 is 2.00 bits per heavy atom. The number of pyridine rings is 1. The van der Waals surface area contributed by atoms with Crippen molar-refractivity contribution in [2.75, 3.05) is 0 Å². The minimum absolute atomic E-state index is 0.159. The van der Waals surface area contributed by atoms with Crippen molar-refractivity contribution >= 4 is 28.4 Å². The van der Waals surface area contributed by atoms with Crippen LogP contribution in [0.25, 0.3) is 0 Å². The molecule has 0 unspecified atom stereocenters. The van der Waals surface area contributed by atoms with Crippen molar-refractivity contribution in [3.63, 3.8) is 0 Å². The summed E-state index contributed by atoms with van der Waals surface area (Å²) in [5, 5.41) is -1.34. The minimum Gasteiger partial charge on any atom is -0.403 e. The number of halogens is 5. The zero-order valence-electron chi connectivity index (χ0n) is 6.81. The van der Waals surface area contributed by atoms with Crippen LogP contribution in [0.2, 0.25) is 5.15 Å². The first-order chi connectivity index (χ1) is 6.79. The molecule has 0 spiro atoms. The number of aromatic nitrogens is 1. The van der Waals surface area contributed by atoms with E-state index < -0.39 is 23.0 Å². The fourth-order valence-corrected chi connectivity index (χ4v) is 1.05. The van der Waals surface area contributed by atoms with Gasteiger partial charge in [0.1, 0.15) is 5.15 Å². The summed E-state index contributed by atoms with van der Waals surface area (Å²) in [6.07, 6.45) is -4.92. The molecule has 82 valence electrons. The molecule has 1 rings (SSSR count). The summed E-state index contributed by atoms with van der Waals surface area (Å²) < 4.78 is 39.1. The number of carbonyl (C=O) groups excluding carboxylic acids is 1. The summed E-state index contributed by atoms with van der Waals surface area (Å²) in [5.41, 5.74) is -0.679. The number of hydrogen-bond acceptors (Lipinski definition) is 3. The zero-order chi connectivity index (χ0) is 11.6. The normalized spacial score (nSPS) is 11.3. The highest BCUT2D eigenvalue weighted by Gasteiger charge is 2.33. The van der Waals surface area contributed by atoms with E-state index in [0.717, 1.165) is 12.1 Å². The summed E-state index contributed by atoms with van der Waals surface area (Å²) in [7, 11) is 0. The number of rotatable bonds is 2. The summed E-state index contributed by atoms with van der Waals surface area (Å²) in [6, 6.07) is 1.91. The molecule has 0 fully saturated rings. The monoisotopic (exact) mass is 259 g/mol. The van der Waals surface area contributed by atoms with Gasteiger partial charge in [0.25, 0.3) is 5.24 Å². The first kappa shape index (κ1) is 12.1. The maximum atomic E-state index is 11.8. The lowest BCUT2D eigenvalue weighted by molar-refractivity contribution is -0.274. The second-order valence-corrected chi connectivity index (χ2v) is 3.03. The van der Waals surface area contributed by atoms with Crippen molar-refractivity contribution in [1.82, 2.24) is 4.98 Å². The summed E-state index contributed by atoms with van der Waals surface area (Å²) in [5.74, 6) is -0.785. The Balaban J connectivity index is 3.12. The van der Waals surface area contributed by atoms with E-state index in [9.17, 15) is 18.0 Å². The van der Waals surface area contributed by atoms with Gasteiger partial charge in [-0.1, -0.05) is 11.6 Å². The summed E-state index contributed by atoms with van der Waals surface area (Å²) >= 11 is 10.4. The number of ether oxygens (including phenoxy) is 1. The van der Waals surface area contributed by atoms with Gasteiger partial charge >= 0.3 is 6.36 Å². The highest BCUT2D eigenvalue weighted by molar-refractivity contribution is 6.67. The molecular weight excluding hydrogens is 258 g/mol. The molecule has 8 heteroatoms. The Morgan fingerprint density at radius 3 is 2.47 bits per heavy atom. The third-order valence-electron chi connectivity index (χ3n) is 1.24. The van der Waals surface area contributed by atoms with Crippen LogP contribution >= 0.6 is 23.2 Å². The average Bonchev–Trinajstić information content (AvgIpc) is 2.05. The first-order valence-corrected chi connectivity index (χ1v) is 4.17. The molecule has 1 heterocycles. The van der Waals surface area contributed by atoms with Crippen LogP contribution in [0.3, 0.4) is 0 Å². The van der Waals surface area contributed by atoms with Crippen LogP contribution in [0.4, 0.5) is 13.2 Å². The van der Waals surface area contributed by atoms with Crippen LogP contribution < -0.4 is 4.74 Å². The van der Waals surface area contributed by atoms with E-state index in [1.807, 2.05) is 0 Å². The molecule has 1 aromatic rings. The molecule has 0 amide bonds. The Labute approximate surface area is 91.8 Å². The fourth-order valence-electron chi connectivity index (χ4n) is 0.770. The molecule has 0 aliphatic heterocycles. The predicted octanol–water partition coefficient (Wildman–Crippen LogP) is 3.01. The number of hydrogen-bond donors (Lipinski definition) is 0. The van der Waals surface area contributed by atoms with E-state index >= 15 is 0 Å².